The molecule has 1 aromatic heterocycles. The second kappa shape index (κ2) is 8.34. The summed E-state index contributed by atoms with van der Waals surface area (Å²) in [5.74, 6) is -1.60. The number of alkyl halides is 3. The minimum absolute atomic E-state index is 0.187. The van der Waals surface area contributed by atoms with Crippen LogP contribution < -0.4 is 10.9 Å². The lowest BCUT2D eigenvalue weighted by Crippen LogP contribution is -2.48. The minimum atomic E-state index is -4.51. The third-order valence-corrected chi connectivity index (χ3v) is 7.01. The Balaban J connectivity index is 1.68. The van der Waals surface area contributed by atoms with E-state index < -0.39 is 36.5 Å². The van der Waals surface area contributed by atoms with Gasteiger partial charge in [-0.3, -0.25) is 14.5 Å². The zero-order valence-corrected chi connectivity index (χ0v) is 16.8. The van der Waals surface area contributed by atoms with Gasteiger partial charge >= 0.3 is 6.18 Å². The van der Waals surface area contributed by atoms with Crippen LogP contribution in [-0.2, 0) is 11.3 Å². The number of aromatic nitrogens is 1. The highest BCUT2D eigenvalue weighted by Crippen LogP contribution is 2.49. The Morgan fingerprint density at radius 1 is 1.20 bits per heavy atom. The maximum Gasteiger partial charge on any atom is 0.405 e. The molecule has 2 fully saturated rings. The van der Waals surface area contributed by atoms with Gasteiger partial charge in [-0.05, 0) is 24.8 Å². The molecule has 30 heavy (non-hydrogen) atoms. The Hall–Kier alpha value is -1.87. The average Bonchev–Trinajstić information content (AvgIpc) is 2.91. The van der Waals surface area contributed by atoms with Gasteiger partial charge in [-0.2, -0.15) is 13.2 Å². The van der Waals surface area contributed by atoms with Gasteiger partial charge in [0.05, 0.1) is 12.0 Å². The lowest BCUT2D eigenvalue weighted by molar-refractivity contribution is -0.142. The van der Waals surface area contributed by atoms with E-state index in [0.717, 1.165) is 32.2 Å². The molecule has 1 aromatic rings. The highest BCUT2D eigenvalue weighted by molar-refractivity contribution is 5.80. The van der Waals surface area contributed by atoms with E-state index in [2.05, 4.69) is 4.90 Å². The molecule has 0 aromatic carbocycles. The number of nitrogens with zero attached hydrogens (tertiary/aromatic N) is 2. The maximum absolute atomic E-state index is 12.9. The Morgan fingerprint density at radius 2 is 1.93 bits per heavy atom. The van der Waals surface area contributed by atoms with E-state index in [1.165, 1.54) is 12.5 Å². The van der Waals surface area contributed by atoms with Gasteiger partial charge < -0.3 is 15.0 Å². The van der Waals surface area contributed by atoms with Crippen molar-refractivity contribution in [3.63, 3.8) is 0 Å². The first-order chi connectivity index (χ1) is 14.3. The van der Waals surface area contributed by atoms with E-state index in [1.807, 2.05) is 5.32 Å². The third-order valence-electron chi connectivity index (χ3n) is 7.01. The van der Waals surface area contributed by atoms with Crippen molar-refractivity contribution in [2.45, 2.75) is 56.9 Å². The second-order valence-electron chi connectivity index (χ2n) is 8.82. The fourth-order valence-corrected chi connectivity index (χ4v) is 5.70. The minimum Gasteiger partial charge on any atom is -0.396 e. The Labute approximate surface area is 173 Å². The predicted molar refractivity (Wildman–Crippen MR) is 104 cm³/mol. The summed E-state index contributed by atoms with van der Waals surface area (Å²) in [5, 5.41) is 12.1. The van der Waals surface area contributed by atoms with Gasteiger partial charge in [0.15, 0.2) is 0 Å². The Kier molecular flexibility index (Phi) is 5.94. The molecule has 1 saturated heterocycles. The van der Waals surface area contributed by atoms with E-state index in [9.17, 15) is 27.9 Å². The van der Waals surface area contributed by atoms with Crippen LogP contribution in [0.1, 0.15) is 43.8 Å². The van der Waals surface area contributed by atoms with Crippen molar-refractivity contribution in [1.82, 2.24) is 14.8 Å². The quantitative estimate of drug-likeness (QED) is 0.755. The van der Waals surface area contributed by atoms with Crippen molar-refractivity contribution >= 4 is 5.91 Å². The summed E-state index contributed by atoms with van der Waals surface area (Å²) in [4.78, 5) is 27.5. The molecule has 1 amide bonds. The van der Waals surface area contributed by atoms with E-state index in [4.69, 9.17) is 0 Å². The summed E-state index contributed by atoms with van der Waals surface area (Å²) < 4.78 is 39.7. The van der Waals surface area contributed by atoms with Crippen molar-refractivity contribution in [3.05, 3.63) is 34.2 Å². The molecule has 166 valence electrons. The summed E-state index contributed by atoms with van der Waals surface area (Å²) >= 11 is 0. The van der Waals surface area contributed by atoms with Gasteiger partial charge in [-0.1, -0.05) is 25.3 Å². The smallest absolute Gasteiger partial charge is 0.396 e. The molecule has 1 saturated carbocycles. The highest BCUT2D eigenvalue weighted by Gasteiger charge is 2.56. The van der Waals surface area contributed by atoms with Crippen LogP contribution in [0, 0.1) is 17.8 Å². The fourth-order valence-electron chi connectivity index (χ4n) is 5.70. The number of carbonyl (C=O) groups excluding carboxylic acids is 1. The molecule has 1 aliphatic carbocycles. The van der Waals surface area contributed by atoms with Gasteiger partial charge in [-0.25, -0.2) is 0 Å². The molecule has 0 radical (unpaired) electrons. The number of amides is 1. The zero-order chi connectivity index (χ0) is 21.5. The van der Waals surface area contributed by atoms with Crippen molar-refractivity contribution in [2.24, 2.45) is 17.8 Å². The maximum atomic E-state index is 12.9. The molecule has 9 heteroatoms. The summed E-state index contributed by atoms with van der Waals surface area (Å²) in [6.45, 7) is -0.637. The van der Waals surface area contributed by atoms with Crippen molar-refractivity contribution in [3.8, 4) is 0 Å². The molecule has 0 unspecified atom stereocenters. The first-order valence-corrected chi connectivity index (χ1v) is 10.7. The van der Waals surface area contributed by atoms with Crippen LogP contribution in [-0.4, -0.2) is 52.4 Å². The standard InChI is InChI=1S/C21H28F3N3O3/c22-21(23,24)12-25-20(30)18-14(11-28)16-10-26-15(7-4-8-17(26)29)19(18)27(16)9-13-5-2-1-3-6-13/h4,7-8,13-14,16,18-19,28H,1-3,5-6,9-12H2,(H,25,30)/t14-,16-,18+,19+/m0/s1. The van der Waals surface area contributed by atoms with Crippen LogP contribution >= 0.6 is 0 Å². The van der Waals surface area contributed by atoms with Crippen LogP contribution in [0.2, 0.25) is 0 Å². The number of halogens is 3. The number of rotatable bonds is 5. The first-order valence-electron chi connectivity index (χ1n) is 10.7. The zero-order valence-electron chi connectivity index (χ0n) is 16.8. The molecule has 2 aliphatic heterocycles. The lowest BCUT2D eigenvalue weighted by Gasteiger charge is -2.40. The number of nitrogens with one attached hydrogen (secondary N) is 1. The molecular weight excluding hydrogens is 399 g/mol. The molecule has 3 aliphatic rings. The van der Waals surface area contributed by atoms with E-state index >= 15 is 0 Å². The molecule has 3 heterocycles. The van der Waals surface area contributed by atoms with Crippen molar-refractivity contribution < 1.29 is 23.1 Å². The second-order valence-corrected chi connectivity index (χ2v) is 8.82. The summed E-state index contributed by atoms with van der Waals surface area (Å²) in [6.07, 6.45) is 1.20. The lowest BCUT2D eigenvalue weighted by atomic mass is 9.86. The van der Waals surface area contributed by atoms with E-state index in [1.54, 1.807) is 16.7 Å². The van der Waals surface area contributed by atoms with Crippen molar-refractivity contribution in [1.29, 1.82) is 0 Å². The van der Waals surface area contributed by atoms with E-state index in [0.29, 0.717) is 18.2 Å². The van der Waals surface area contributed by atoms with Crippen LogP contribution in [0.15, 0.2) is 23.0 Å². The van der Waals surface area contributed by atoms with Gasteiger partial charge in [0.25, 0.3) is 5.56 Å². The Bertz CT molecular complexity index is 835. The van der Waals surface area contributed by atoms with Crippen LogP contribution in [0.5, 0.6) is 0 Å². The molecule has 6 nitrogen and oxygen atoms in total. The van der Waals surface area contributed by atoms with Crippen molar-refractivity contribution in [2.75, 3.05) is 19.7 Å². The van der Waals surface area contributed by atoms with Gasteiger partial charge in [0.1, 0.15) is 6.54 Å². The summed E-state index contributed by atoms with van der Waals surface area (Å²) in [5.41, 5.74) is 0.463. The topological polar surface area (TPSA) is 74.6 Å². The van der Waals surface area contributed by atoms with Crippen LogP contribution in [0.25, 0.3) is 0 Å². The Morgan fingerprint density at radius 3 is 2.60 bits per heavy atom. The molecule has 0 spiro atoms. The number of fused-ring (bicyclic) bond motifs is 4. The monoisotopic (exact) mass is 427 g/mol. The van der Waals surface area contributed by atoms with Gasteiger partial charge in [-0.15, -0.1) is 0 Å². The fraction of sp³-hybridized carbons (Fsp3) is 0.714. The largest absolute Gasteiger partial charge is 0.405 e. The van der Waals surface area contributed by atoms with Crippen LogP contribution in [0.3, 0.4) is 0 Å². The molecule has 2 N–H and O–H groups in total. The number of hydrogen-bond acceptors (Lipinski definition) is 4. The third kappa shape index (κ3) is 4.01. The summed E-state index contributed by atoms with van der Waals surface area (Å²) in [7, 11) is 0. The SMILES string of the molecule is O=C(NCC(F)(F)F)[C@@H]1[C@@H](CO)[C@@H]2Cn3c(cccc3=O)[C@H]1N2CC1CCCCC1. The molecule has 4 rings (SSSR count). The number of pyridine rings is 1. The number of aliphatic hydroxyl groups excluding tert-OH is 1. The van der Waals surface area contributed by atoms with Gasteiger partial charge in [0, 0.05) is 43.4 Å². The van der Waals surface area contributed by atoms with E-state index in [-0.39, 0.29) is 18.2 Å². The van der Waals surface area contributed by atoms with Gasteiger partial charge in [0.2, 0.25) is 5.91 Å². The predicted octanol–water partition coefficient (Wildman–Crippen LogP) is 2.07. The highest BCUT2D eigenvalue weighted by atomic mass is 19.4. The first kappa shape index (κ1) is 21.4. The van der Waals surface area contributed by atoms with Crippen LogP contribution in [0.4, 0.5) is 13.2 Å². The molecule has 4 atom stereocenters. The number of hydrogen-bond donors (Lipinski definition) is 2. The molecule has 2 bridgehead atoms. The normalized spacial score (nSPS) is 29.6. The molecular formula is C21H28F3N3O3. The summed E-state index contributed by atoms with van der Waals surface area (Å²) in [6, 6.07) is 4.09. The average molecular weight is 427 g/mol. The number of carbonyl (C=O) groups is 1. The number of aliphatic hydroxyl groups is 1.